The van der Waals surface area contributed by atoms with Gasteiger partial charge in [-0.05, 0) is 29.7 Å². The molecule has 0 spiro atoms. The van der Waals surface area contributed by atoms with Crippen molar-refractivity contribution >= 4 is 9.84 Å². The van der Waals surface area contributed by atoms with Crippen LogP contribution in [0.2, 0.25) is 0 Å². The molecule has 0 saturated heterocycles. The van der Waals surface area contributed by atoms with Crippen molar-refractivity contribution in [2.75, 3.05) is 5.75 Å². The Labute approximate surface area is 125 Å². The van der Waals surface area contributed by atoms with E-state index in [2.05, 4.69) is 0 Å². The average Bonchev–Trinajstić information content (AvgIpc) is 2.47. The summed E-state index contributed by atoms with van der Waals surface area (Å²) in [6.45, 7) is 2.16. The van der Waals surface area contributed by atoms with E-state index in [-0.39, 0.29) is 10.6 Å². The van der Waals surface area contributed by atoms with Crippen LogP contribution in [-0.2, 0) is 16.4 Å². The molecule has 2 aromatic rings. The standard InChI is InChI=1S/C16H19NO3S/c1-12-4-2-3-5-16(12)21(19,20)11-15(18)14-8-6-13(10-17)7-9-14/h2-9,15,18H,10-11,17H2,1H3. The first-order valence-electron chi connectivity index (χ1n) is 6.69. The Hall–Kier alpha value is -1.69. The summed E-state index contributed by atoms with van der Waals surface area (Å²) in [6, 6.07) is 13.8. The fourth-order valence-corrected chi connectivity index (χ4v) is 3.81. The number of aliphatic hydroxyl groups is 1. The molecule has 3 N–H and O–H groups in total. The molecule has 0 radical (unpaired) electrons. The van der Waals surface area contributed by atoms with Gasteiger partial charge >= 0.3 is 0 Å². The Morgan fingerprint density at radius 2 is 1.71 bits per heavy atom. The number of benzene rings is 2. The Morgan fingerprint density at radius 3 is 2.29 bits per heavy atom. The number of hydrogen-bond donors (Lipinski definition) is 2. The van der Waals surface area contributed by atoms with Gasteiger partial charge in [-0.2, -0.15) is 0 Å². The van der Waals surface area contributed by atoms with Crippen molar-refractivity contribution in [3.8, 4) is 0 Å². The third kappa shape index (κ3) is 3.69. The summed E-state index contributed by atoms with van der Waals surface area (Å²) in [5, 5.41) is 10.2. The number of aliphatic hydroxyl groups excluding tert-OH is 1. The van der Waals surface area contributed by atoms with Crippen LogP contribution in [0, 0.1) is 6.92 Å². The van der Waals surface area contributed by atoms with Crippen LogP contribution in [0.25, 0.3) is 0 Å². The fraction of sp³-hybridized carbons (Fsp3) is 0.250. The van der Waals surface area contributed by atoms with Crippen LogP contribution in [0.3, 0.4) is 0 Å². The first-order valence-corrected chi connectivity index (χ1v) is 8.34. The van der Waals surface area contributed by atoms with Gasteiger partial charge in [-0.25, -0.2) is 8.42 Å². The highest BCUT2D eigenvalue weighted by molar-refractivity contribution is 7.91. The number of sulfone groups is 1. The third-order valence-corrected chi connectivity index (χ3v) is 5.29. The summed E-state index contributed by atoms with van der Waals surface area (Å²) < 4.78 is 24.8. The van der Waals surface area contributed by atoms with Crippen LogP contribution in [-0.4, -0.2) is 19.3 Å². The molecule has 5 heteroatoms. The van der Waals surface area contributed by atoms with E-state index in [4.69, 9.17) is 5.73 Å². The predicted octanol–water partition coefficient (Wildman–Crippen LogP) is 1.96. The van der Waals surface area contributed by atoms with E-state index in [9.17, 15) is 13.5 Å². The first-order chi connectivity index (χ1) is 9.94. The molecule has 0 amide bonds. The zero-order chi connectivity index (χ0) is 15.5. The summed E-state index contributed by atoms with van der Waals surface area (Å²) >= 11 is 0. The molecule has 1 atom stereocenters. The van der Waals surface area contributed by atoms with E-state index < -0.39 is 15.9 Å². The zero-order valence-corrected chi connectivity index (χ0v) is 12.7. The van der Waals surface area contributed by atoms with E-state index >= 15 is 0 Å². The smallest absolute Gasteiger partial charge is 0.181 e. The average molecular weight is 305 g/mol. The molecule has 0 saturated carbocycles. The van der Waals surface area contributed by atoms with Gasteiger partial charge in [0.2, 0.25) is 0 Å². The quantitative estimate of drug-likeness (QED) is 0.885. The predicted molar refractivity (Wildman–Crippen MR) is 82.5 cm³/mol. The summed E-state index contributed by atoms with van der Waals surface area (Å²) in [5.74, 6) is -0.334. The second-order valence-corrected chi connectivity index (χ2v) is 7.01. The van der Waals surface area contributed by atoms with Gasteiger partial charge in [-0.15, -0.1) is 0 Å². The van der Waals surface area contributed by atoms with E-state index in [1.807, 2.05) is 0 Å². The largest absolute Gasteiger partial charge is 0.387 e. The van der Waals surface area contributed by atoms with Gasteiger partial charge in [-0.3, -0.25) is 0 Å². The maximum absolute atomic E-state index is 12.4. The molecule has 2 rings (SSSR count). The first kappa shape index (κ1) is 15.7. The fourth-order valence-electron chi connectivity index (χ4n) is 2.18. The van der Waals surface area contributed by atoms with Gasteiger partial charge in [0, 0.05) is 6.54 Å². The Bertz CT molecular complexity index is 709. The van der Waals surface area contributed by atoms with Gasteiger partial charge in [0.15, 0.2) is 9.84 Å². The Balaban J connectivity index is 2.21. The van der Waals surface area contributed by atoms with Crippen molar-refractivity contribution in [2.45, 2.75) is 24.5 Å². The van der Waals surface area contributed by atoms with E-state index in [1.165, 1.54) is 0 Å². The molecule has 0 aliphatic carbocycles. The molecule has 0 heterocycles. The number of rotatable bonds is 5. The topological polar surface area (TPSA) is 80.4 Å². The minimum atomic E-state index is -3.53. The van der Waals surface area contributed by atoms with E-state index in [0.717, 1.165) is 5.56 Å². The van der Waals surface area contributed by atoms with Gasteiger partial charge in [0.05, 0.1) is 16.8 Å². The lowest BCUT2D eigenvalue weighted by Crippen LogP contribution is -2.15. The minimum Gasteiger partial charge on any atom is -0.387 e. The maximum Gasteiger partial charge on any atom is 0.181 e. The van der Waals surface area contributed by atoms with Gasteiger partial charge in [-0.1, -0.05) is 42.5 Å². The van der Waals surface area contributed by atoms with Crippen molar-refractivity contribution in [2.24, 2.45) is 5.73 Å². The van der Waals surface area contributed by atoms with Crippen molar-refractivity contribution in [1.29, 1.82) is 0 Å². The van der Waals surface area contributed by atoms with Gasteiger partial charge in [0.1, 0.15) is 0 Å². The lowest BCUT2D eigenvalue weighted by molar-refractivity contribution is 0.201. The highest BCUT2D eigenvalue weighted by atomic mass is 32.2. The molecule has 1 unspecified atom stereocenters. The maximum atomic E-state index is 12.4. The molecular weight excluding hydrogens is 286 g/mol. The number of nitrogens with two attached hydrogens (primary N) is 1. The minimum absolute atomic E-state index is 0.266. The Morgan fingerprint density at radius 1 is 1.10 bits per heavy atom. The molecule has 21 heavy (non-hydrogen) atoms. The molecule has 0 aliphatic rings. The summed E-state index contributed by atoms with van der Waals surface area (Å²) in [6.07, 6.45) is -1.05. The normalized spacial score (nSPS) is 13.1. The number of hydrogen-bond acceptors (Lipinski definition) is 4. The molecule has 4 nitrogen and oxygen atoms in total. The zero-order valence-electron chi connectivity index (χ0n) is 11.9. The molecule has 0 aliphatic heterocycles. The molecule has 2 aromatic carbocycles. The third-order valence-electron chi connectivity index (χ3n) is 3.41. The summed E-state index contributed by atoms with van der Waals surface area (Å²) in [4.78, 5) is 0.266. The van der Waals surface area contributed by atoms with Gasteiger partial charge < -0.3 is 10.8 Å². The molecule has 112 valence electrons. The van der Waals surface area contributed by atoms with Crippen LogP contribution in [0.4, 0.5) is 0 Å². The second kappa shape index (κ2) is 6.39. The van der Waals surface area contributed by atoms with E-state index in [0.29, 0.717) is 17.7 Å². The lowest BCUT2D eigenvalue weighted by Gasteiger charge is -2.13. The van der Waals surface area contributed by atoms with Crippen LogP contribution in [0.1, 0.15) is 22.8 Å². The number of aryl methyl sites for hydroxylation is 1. The molecular formula is C16H19NO3S. The van der Waals surface area contributed by atoms with Crippen LogP contribution >= 0.6 is 0 Å². The molecule has 0 aromatic heterocycles. The highest BCUT2D eigenvalue weighted by Crippen LogP contribution is 2.22. The molecule has 0 bridgehead atoms. The Kier molecular flexibility index (Phi) is 4.77. The lowest BCUT2D eigenvalue weighted by atomic mass is 10.1. The van der Waals surface area contributed by atoms with Crippen LogP contribution < -0.4 is 5.73 Å². The van der Waals surface area contributed by atoms with Crippen molar-refractivity contribution < 1.29 is 13.5 Å². The van der Waals surface area contributed by atoms with Crippen molar-refractivity contribution in [1.82, 2.24) is 0 Å². The SMILES string of the molecule is Cc1ccccc1S(=O)(=O)CC(O)c1ccc(CN)cc1. The summed E-state index contributed by atoms with van der Waals surface area (Å²) in [7, 11) is -3.53. The van der Waals surface area contributed by atoms with Gasteiger partial charge in [0.25, 0.3) is 0 Å². The highest BCUT2D eigenvalue weighted by Gasteiger charge is 2.22. The van der Waals surface area contributed by atoms with Crippen LogP contribution in [0.5, 0.6) is 0 Å². The monoisotopic (exact) mass is 305 g/mol. The van der Waals surface area contributed by atoms with Crippen molar-refractivity contribution in [3.05, 3.63) is 65.2 Å². The molecule has 0 fully saturated rings. The van der Waals surface area contributed by atoms with E-state index in [1.54, 1.807) is 55.5 Å². The second-order valence-electron chi connectivity index (χ2n) is 5.01. The summed E-state index contributed by atoms with van der Waals surface area (Å²) in [5.41, 5.74) is 7.71. The van der Waals surface area contributed by atoms with Crippen LogP contribution in [0.15, 0.2) is 53.4 Å². The van der Waals surface area contributed by atoms with Crippen molar-refractivity contribution in [3.63, 3.8) is 0 Å².